The molecule has 0 spiro atoms. The highest BCUT2D eigenvalue weighted by atomic mass is 32.1. The summed E-state index contributed by atoms with van der Waals surface area (Å²) in [6.07, 6.45) is 0. The standard InChI is InChI=1S/C14H16N2OS/c1-11(13-9-6-10-18-13)16(2)14(17)15-12-7-4-3-5-8-12/h3-11H,1-2H3,(H,15,17). The minimum Gasteiger partial charge on any atom is -0.320 e. The molecule has 0 saturated carbocycles. The zero-order valence-electron chi connectivity index (χ0n) is 10.5. The van der Waals surface area contributed by atoms with Gasteiger partial charge < -0.3 is 10.2 Å². The van der Waals surface area contributed by atoms with Gasteiger partial charge in [-0.05, 0) is 30.5 Å². The number of para-hydroxylation sites is 1. The van der Waals surface area contributed by atoms with Crippen LogP contribution in [-0.4, -0.2) is 18.0 Å². The minimum atomic E-state index is -0.0953. The number of carbonyl (C=O) groups is 1. The number of nitrogens with one attached hydrogen (secondary N) is 1. The molecule has 3 nitrogen and oxygen atoms in total. The Bertz CT molecular complexity index is 496. The summed E-state index contributed by atoms with van der Waals surface area (Å²) in [6.45, 7) is 2.02. The molecule has 94 valence electrons. The molecule has 0 radical (unpaired) electrons. The molecule has 0 saturated heterocycles. The van der Waals surface area contributed by atoms with Gasteiger partial charge in [0.15, 0.2) is 0 Å². The highest BCUT2D eigenvalue weighted by molar-refractivity contribution is 7.10. The Morgan fingerprint density at radius 3 is 2.56 bits per heavy atom. The normalized spacial score (nSPS) is 11.9. The number of amides is 2. The second kappa shape index (κ2) is 5.69. The molecule has 0 aliphatic heterocycles. The number of urea groups is 1. The average molecular weight is 260 g/mol. The van der Waals surface area contributed by atoms with E-state index in [1.54, 1.807) is 16.2 Å². The van der Waals surface area contributed by atoms with E-state index in [1.165, 1.54) is 4.88 Å². The number of rotatable bonds is 3. The molecule has 1 N–H and O–H groups in total. The SMILES string of the molecule is CC(c1cccs1)N(C)C(=O)Nc1ccccc1. The molecule has 1 heterocycles. The lowest BCUT2D eigenvalue weighted by Crippen LogP contribution is -2.33. The van der Waals surface area contributed by atoms with Crippen molar-refractivity contribution in [2.24, 2.45) is 0 Å². The van der Waals surface area contributed by atoms with Crippen molar-refractivity contribution in [3.05, 3.63) is 52.7 Å². The van der Waals surface area contributed by atoms with Crippen molar-refractivity contribution in [1.82, 2.24) is 4.90 Å². The minimum absolute atomic E-state index is 0.0775. The molecule has 2 amide bonds. The first-order valence-electron chi connectivity index (χ1n) is 5.81. The molecule has 0 bridgehead atoms. The van der Waals surface area contributed by atoms with Crippen LogP contribution in [0.25, 0.3) is 0 Å². The first kappa shape index (κ1) is 12.6. The first-order chi connectivity index (χ1) is 8.68. The van der Waals surface area contributed by atoms with Crippen molar-refractivity contribution in [1.29, 1.82) is 0 Å². The van der Waals surface area contributed by atoms with Gasteiger partial charge in [0.1, 0.15) is 0 Å². The van der Waals surface area contributed by atoms with E-state index in [0.29, 0.717) is 0 Å². The average Bonchev–Trinajstić information content (AvgIpc) is 2.92. The maximum Gasteiger partial charge on any atom is 0.322 e. The van der Waals surface area contributed by atoms with Crippen LogP contribution in [0.15, 0.2) is 47.8 Å². The maximum atomic E-state index is 12.1. The summed E-state index contributed by atoms with van der Waals surface area (Å²) in [6, 6.07) is 13.5. The van der Waals surface area contributed by atoms with Crippen LogP contribution in [0.2, 0.25) is 0 Å². The van der Waals surface area contributed by atoms with E-state index in [0.717, 1.165) is 5.69 Å². The molecule has 1 aromatic carbocycles. The van der Waals surface area contributed by atoms with Crippen LogP contribution in [0.4, 0.5) is 10.5 Å². The van der Waals surface area contributed by atoms with Crippen LogP contribution in [0, 0.1) is 0 Å². The van der Waals surface area contributed by atoms with Crippen molar-refractivity contribution >= 4 is 23.1 Å². The van der Waals surface area contributed by atoms with Crippen LogP contribution in [0.3, 0.4) is 0 Å². The zero-order valence-corrected chi connectivity index (χ0v) is 11.3. The number of nitrogens with zero attached hydrogens (tertiary/aromatic N) is 1. The molecule has 2 rings (SSSR count). The molecule has 18 heavy (non-hydrogen) atoms. The molecule has 0 aliphatic rings. The molecule has 1 unspecified atom stereocenters. The van der Waals surface area contributed by atoms with Gasteiger partial charge in [-0.25, -0.2) is 4.79 Å². The highest BCUT2D eigenvalue weighted by Gasteiger charge is 2.17. The second-order valence-electron chi connectivity index (χ2n) is 4.10. The summed E-state index contributed by atoms with van der Waals surface area (Å²) in [5.74, 6) is 0. The summed E-state index contributed by atoms with van der Waals surface area (Å²) in [7, 11) is 1.81. The lowest BCUT2D eigenvalue weighted by Gasteiger charge is -2.24. The molecule has 0 aliphatic carbocycles. The van der Waals surface area contributed by atoms with Gasteiger partial charge >= 0.3 is 6.03 Å². The zero-order chi connectivity index (χ0) is 13.0. The molecular formula is C14H16N2OS. The van der Waals surface area contributed by atoms with E-state index in [9.17, 15) is 4.79 Å². The van der Waals surface area contributed by atoms with Gasteiger partial charge in [-0.15, -0.1) is 11.3 Å². The van der Waals surface area contributed by atoms with Crippen molar-refractivity contribution in [2.75, 3.05) is 12.4 Å². The first-order valence-corrected chi connectivity index (χ1v) is 6.68. The number of benzene rings is 1. The van der Waals surface area contributed by atoms with Gasteiger partial charge in [0.05, 0.1) is 6.04 Å². The van der Waals surface area contributed by atoms with E-state index in [4.69, 9.17) is 0 Å². The van der Waals surface area contributed by atoms with Crippen LogP contribution < -0.4 is 5.32 Å². The number of thiophene rings is 1. The largest absolute Gasteiger partial charge is 0.322 e. The van der Waals surface area contributed by atoms with E-state index in [-0.39, 0.29) is 12.1 Å². The second-order valence-corrected chi connectivity index (χ2v) is 5.08. The van der Waals surface area contributed by atoms with E-state index in [1.807, 2.05) is 61.8 Å². The fourth-order valence-corrected chi connectivity index (χ4v) is 2.46. The summed E-state index contributed by atoms with van der Waals surface area (Å²) >= 11 is 1.66. The van der Waals surface area contributed by atoms with Gasteiger partial charge in [-0.1, -0.05) is 24.3 Å². The van der Waals surface area contributed by atoms with Gasteiger partial charge in [-0.2, -0.15) is 0 Å². The van der Waals surface area contributed by atoms with Crippen molar-refractivity contribution < 1.29 is 4.79 Å². The Kier molecular flexibility index (Phi) is 3.99. The van der Waals surface area contributed by atoms with Gasteiger partial charge in [-0.3, -0.25) is 0 Å². The van der Waals surface area contributed by atoms with Crippen LogP contribution in [0.5, 0.6) is 0 Å². The quantitative estimate of drug-likeness (QED) is 0.889. The number of carbonyl (C=O) groups excluding carboxylic acids is 1. The Labute approximate surface area is 111 Å². The summed E-state index contributed by atoms with van der Waals surface area (Å²) in [5, 5.41) is 4.90. The topological polar surface area (TPSA) is 32.3 Å². The smallest absolute Gasteiger partial charge is 0.320 e. The van der Waals surface area contributed by atoms with Crippen molar-refractivity contribution in [2.45, 2.75) is 13.0 Å². The van der Waals surface area contributed by atoms with Crippen LogP contribution >= 0.6 is 11.3 Å². The third kappa shape index (κ3) is 2.90. The van der Waals surface area contributed by atoms with E-state index >= 15 is 0 Å². The molecule has 1 aromatic heterocycles. The predicted molar refractivity (Wildman–Crippen MR) is 76.0 cm³/mol. The van der Waals surface area contributed by atoms with Gasteiger partial charge in [0, 0.05) is 17.6 Å². The molecule has 0 fully saturated rings. The Hall–Kier alpha value is -1.81. The lowest BCUT2D eigenvalue weighted by atomic mass is 10.2. The number of anilines is 1. The summed E-state index contributed by atoms with van der Waals surface area (Å²) < 4.78 is 0. The predicted octanol–water partition coefficient (Wildman–Crippen LogP) is 3.97. The lowest BCUT2D eigenvalue weighted by molar-refractivity contribution is 0.209. The number of hydrogen-bond acceptors (Lipinski definition) is 2. The van der Waals surface area contributed by atoms with E-state index < -0.39 is 0 Å². The Balaban J connectivity index is 2.01. The van der Waals surface area contributed by atoms with E-state index in [2.05, 4.69) is 5.32 Å². The van der Waals surface area contributed by atoms with Crippen LogP contribution in [0.1, 0.15) is 17.8 Å². The van der Waals surface area contributed by atoms with Crippen molar-refractivity contribution in [3.63, 3.8) is 0 Å². The third-order valence-corrected chi connectivity index (χ3v) is 3.92. The monoisotopic (exact) mass is 260 g/mol. The third-order valence-electron chi connectivity index (χ3n) is 2.88. The fraction of sp³-hybridized carbons (Fsp3) is 0.214. The van der Waals surface area contributed by atoms with Gasteiger partial charge in [0.2, 0.25) is 0 Å². The molecular weight excluding hydrogens is 244 g/mol. The maximum absolute atomic E-state index is 12.1. The Morgan fingerprint density at radius 1 is 1.22 bits per heavy atom. The molecule has 2 aromatic rings. The van der Waals surface area contributed by atoms with Crippen molar-refractivity contribution in [3.8, 4) is 0 Å². The van der Waals surface area contributed by atoms with Crippen LogP contribution in [-0.2, 0) is 0 Å². The molecule has 1 atom stereocenters. The summed E-state index contributed by atoms with van der Waals surface area (Å²) in [5.41, 5.74) is 0.813. The highest BCUT2D eigenvalue weighted by Crippen LogP contribution is 2.23. The Morgan fingerprint density at radius 2 is 1.94 bits per heavy atom. The number of hydrogen-bond donors (Lipinski definition) is 1. The fourth-order valence-electron chi connectivity index (χ4n) is 1.63. The summed E-state index contributed by atoms with van der Waals surface area (Å²) in [4.78, 5) is 15.0. The van der Waals surface area contributed by atoms with Gasteiger partial charge in [0.25, 0.3) is 0 Å². The molecule has 4 heteroatoms.